The molecular weight excluding hydrogens is 340 g/mol. The Kier molecular flexibility index (Phi) is 4.56. The van der Waals surface area contributed by atoms with Crippen LogP contribution in [-0.2, 0) is 0 Å². The zero-order valence-electron chi connectivity index (χ0n) is 16.0. The van der Waals surface area contributed by atoms with Crippen LogP contribution in [0.15, 0.2) is 36.4 Å². The normalized spacial score (nSPS) is 15.3. The Morgan fingerprint density at radius 3 is 2.59 bits per heavy atom. The molecule has 1 saturated heterocycles. The van der Waals surface area contributed by atoms with E-state index in [-0.39, 0.29) is 12.0 Å². The van der Waals surface area contributed by atoms with Crippen LogP contribution in [0, 0.1) is 20.8 Å². The molecule has 0 saturated carbocycles. The molecule has 3 aromatic rings. The van der Waals surface area contributed by atoms with Crippen LogP contribution in [0.3, 0.4) is 0 Å². The first-order valence-corrected chi connectivity index (χ1v) is 9.37. The van der Waals surface area contributed by atoms with Gasteiger partial charge in [-0.15, -0.1) is 0 Å². The second-order valence-electron chi connectivity index (χ2n) is 7.21. The van der Waals surface area contributed by atoms with Gasteiger partial charge in [0.2, 0.25) is 0 Å². The van der Waals surface area contributed by atoms with Crippen molar-refractivity contribution in [1.82, 2.24) is 19.5 Å². The summed E-state index contributed by atoms with van der Waals surface area (Å²) in [4.78, 5) is 19.3. The smallest absolute Gasteiger partial charge is 0.272 e. The van der Waals surface area contributed by atoms with Crippen molar-refractivity contribution in [2.24, 2.45) is 0 Å². The number of piperidine rings is 1. The molecule has 4 rings (SSSR count). The first kappa shape index (κ1) is 17.5. The highest BCUT2D eigenvalue weighted by Gasteiger charge is 2.26. The van der Waals surface area contributed by atoms with E-state index in [4.69, 9.17) is 4.74 Å². The Morgan fingerprint density at radius 1 is 1.11 bits per heavy atom. The molecule has 140 valence electrons. The first-order valence-electron chi connectivity index (χ1n) is 9.37. The number of amides is 1. The van der Waals surface area contributed by atoms with E-state index in [1.54, 1.807) is 4.52 Å². The van der Waals surface area contributed by atoms with Gasteiger partial charge in [0.1, 0.15) is 17.5 Å². The first-order chi connectivity index (χ1) is 13.0. The maximum atomic E-state index is 12.9. The average molecular weight is 364 g/mol. The predicted molar refractivity (Wildman–Crippen MR) is 103 cm³/mol. The molecule has 1 aromatic carbocycles. The van der Waals surface area contributed by atoms with E-state index in [0.717, 1.165) is 35.5 Å². The number of likely N-dealkylation sites (tertiary alicyclic amines) is 1. The number of nitrogens with zero attached hydrogens (tertiary/aromatic N) is 4. The van der Waals surface area contributed by atoms with E-state index in [1.807, 2.05) is 49.1 Å². The molecule has 0 spiro atoms. The van der Waals surface area contributed by atoms with Crippen LogP contribution in [0.5, 0.6) is 5.75 Å². The molecule has 0 radical (unpaired) electrons. The Bertz CT molecular complexity index is 987. The van der Waals surface area contributed by atoms with Crippen molar-refractivity contribution in [2.45, 2.75) is 39.7 Å². The van der Waals surface area contributed by atoms with Crippen molar-refractivity contribution in [2.75, 3.05) is 13.1 Å². The van der Waals surface area contributed by atoms with E-state index in [1.165, 1.54) is 0 Å². The van der Waals surface area contributed by atoms with Gasteiger partial charge in [-0.1, -0.05) is 18.2 Å². The van der Waals surface area contributed by atoms with Crippen LogP contribution in [0.2, 0.25) is 0 Å². The number of carbonyl (C=O) groups excluding carboxylic acids is 1. The van der Waals surface area contributed by atoms with Crippen molar-refractivity contribution in [3.8, 4) is 5.75 Å². The molecule has 0 bridgehead atoms. The van der Waals surface area contributed by atoms with Gasteiger partial charge in [0.25, 0.3) is 5.91 Å². The average Bonchev–Trinajstić information content (AvgIpc) is 3.04. The lowest BCUT2D eigenvalue weighted by molar-refractivity contribution is 0.0589. The van der Waals surface area contributed by atoms with Crippen LogP contribution in [0.25, 0.3) is 5.65 Å². The van der Waals surface area contributed by atoms with Gasteiger partial charge in [-0.05, 0) is 38.5 Å². The quantitative estimate of drug-likeness (QED) is 0.715. The number of rotatable bonds is 3. The second-order valence-corrected chi connectivity index (χ2v) is 7.21. The number of benzene rings is 1. The third kappa shape index (κ3) is 3.52. The summed E-state index contributed by atoms with van der Waals surface area (Å²) in [5.41, 5.74) is 4.14. The number of fused-ring (bicyclic) bond motifs is 1. The summed E-state index contributed by atoms with van der Waals surface area (Å²) in [5, 5.41) is 4.40. The number of aromatic nitrogens is 3. The van der Waals surface area contributed by atoms with Gasteiger partial charge in [-0.25, -0.2) is 9.50 Å². The van der Waals surface area contributed by atoms with Crippen molar-refractivity contribution in [3.05, 3.63) is 59.0 Å². The van der Waals surface area contributed by atoms with Crippen molar-refractivity contribution in [3.63, 3.8) is 0 Å². The second kappa shape index (κ2) is 7.02. The fourth-order valence-electron chi connectivity index (χ4n) is 3.56. The number of hydrogen-bond acceptors (Lipinski definition) is 4. The van der Waals surface area contributed by atoms with Gasteiger partial charge in [0.05, 0.1) is 5.69 Å². The molecule has 6 heteroatoms. The fourth-order valence-corrected chi connectivity index (χ4v) is 3.56. The number of ether oxygens (including phenoxy) is 1. The SMILES string of the molecule is Cc1cc2nc(C(=O)N3CCC(Oc4ccccc4C)CC3)cc(C)n2n1. The van der Waals surface area contributed by atoms with Crippen LogP contribution in [-0.4, -0.2) is 44.6 Å². The van der Waals surface area contributed by atoms with Crippen LogP contribution in [0.4, 0.5) is 0 Å². The standard InChI is InChI=1S/C21H24N4O2/c1-14-6-4-5-7-19(14)27-17-8-10-24(11-9-17)21(26)18-13-16(3)25-20(22-18)12-15(2)23-25/h4-7,12-13,17H,8-11H2,1-3H3. The molecule has 1 fully saturated rings. The maximum absolute atomic E-state index is 12.9. The zero-order chi connectivity index (χ0) is 19.0. The van der Waals surface area contributed by atoms with Gasteiger partial charge in [0, 0.05) is 37.7 Å². The number of carbonyl (C=O) groups is 1. The third-order valence-corrected chi connectivity index (χ3v) is 5.06. The van der Waals surface area contributed by atoms with Gasteiger partial charge in [0.15, 0.2) is 5.65 Å². The lowest BCUT2D eigenvalue weighted by Crippen LogP contribution is -2.42. The van der Waals surface area contributed by atoms with E-state index < -0.39 is 0 Å². The third-order valence-electron chi connectivity index (χ3n) is 5.06. The van der Waals surface area contributed by atoms with Crippen LogP contribution in [0.1, 0.15) is 40.3 Å². The Labute approximate surface area is 158 Å². The molecule has 27 heavy (non-hydrogen) atoms. The largest absolute Gasteiger partial charge is 0.490 e. The van der Waals surface area contributed by atoms with Gasteiger partial charge in [-0.2, -0.15) is 5.10 Å². The Balaban J connectivity index is 1.43. The molecule has 0 N–H and O–H groups in total. The summed E-state index contributed by atoms with van der Waals surface area (Å²) >= 11 is 0. The highest BCUT2D eigenvalue weighted by Crippen LogP contribution is 2.23. The van der Waals surface area contributed by atoms with Gasteiger partial charge in [-0.3, -0.25) is 4.79 Å². The molecular formula is C21H24N4O2. The van der Waals surface area contributed by atoms with E-state index in [2.05, 4.69) is 23.1 Å². The van der Waals surface area contributed by atoms with E-state index >= 15 is 0 Å². The van der Waals surface area contributed by atoms with Crippen molar-refractivity contribution in [1.29, 1.82) is 0 Å². The fraction of sp³-hybridized carbons (Fsp3) is 0.381. The van der Waals surface area contributed by atoms with Crippen molar-refractivity contribution >= 4 is 11.6 Å². The van der Waals surface area contributed by atoms with E-state index in [9.17, 15) is 4.79 Å². The molecule has 1 aliphatic rings. The monoisotopic (exact) mass is 364 g/mol. The van der Waals surface area contributed by atoms with Gasteiger partial charge >= 0.3 is 0 Å². The molecule has 0 unspecified atom stereocenters. The van der Waals surface area contributed by atoms with Crippen LogP contribution < -0.4 is 4.74 Å². The lowest BCUT2D eigenvalue weighted by Gasteiger charge is -2.32. The number of aryl methyl sites for hydroxylation is 3. The summed E-state index contributed by atoms with van der Waals surface area (Å²) in [6.07, 6.45) is 1.80. The topological polar surface area (TPSA) is 59.7 Å². The molecule has 0 aliphatic carbocycles. The van der Waals surface area contributed by atoms with E-state index in [0.29, 0.717) is 24.4 Å². The summed E-state index contributed by atoms with van der Waals surface area (Å²) < 4.78 is 7.91. The molecule has 2 aromatic heterocycles. The van der Waals surface area contributed by atoms with Crippen molar-refractivity contribution < 1.29 is 9.53 Å². The Morgan fingerprint density at radius 2 is 1.85 bits per heavy atom. The molecule has 1 aliphatic heterocycles. The highest BCUT2D eigenvalue weighted by atomic mass is 16.5. The minimum absolute atomic E-state index is 0.0196. The summed E-state index contributed by atoms with van der Waals surface area (Å²) in [6, 6.07) is 11.8. The molecule has 6 nitrogen and oxygen atoms in total. The molecule has 3 heterocycles. The Hall–Kier alpha value is -2.89. The molecule has 0 atom stereocenters. The lowest BCUT2D eigenvalue weighted by atomic mass is 10.1. The zero-order valence-corrected chi connectivity index (χ0v) is 16.0. The summed E-state index contributed by atoms with van der Waals surface area (Å²) in [6.45, 7) is 7.28. The predicted octanol–water partition coefficient (Wildman–Crippen LogP) is 3.34. The summed E-state index contributed by atoms with van der Waals surface area (Å²) in [5.74, 6) is 0.912. The highest BCUT2D eigenvalue weighted by molar-refractivity contribution is 5.93. The summed E-state index contributed by atoms with van der Waals surface area (Å²) in [7, 11) is 0. The number of para-hydroxylation sites is 1. The van der Waals surface area contributed by atoms with Crippen LogP contribution >= 0.6 is 0 Å². The molecule has 1 amide bonds. The minimum atomic E-state index is -0.0196. The number of hydrogen-bond donors (Lipinski definition) is 0. The minimum Gasteiger partial charge on any atom is -0.490 e. The van der Waals surface area contributed by atoms with Gasteiger partial charge < -0.3 is 9.64 Å². The maximum Gasteiger partial charge on any atom is 0.272 e.